The minimum Gasteiger partial charge on any atom is -0.461 e. The van der Waals surface area contributed by atoms with E-state index in [2.05, 4.69) is 5.32 Å². The van der Waals surface area contributed by atoms with Crippen molar-refractivity contribution in [3.63, 3.8) is 0 Å². The van der Waals surface area contributed by atoms with Crippen molar-refractivity contribution >= 4 is 11.9 Å². The number of nitrogens with one attached hydrogen (secondary N) is 1. The van der Waals surface area contributed by atoms with E-state index in [0.29, 0.717) is 12.1 Å². The predicted octanol–water partition coefficient (Wildman–Crippen LogP) is 1.18. The van der Waals surface area contributed by atoms with Gasteiger partial charge in [0.15, 0.2) is 0 Å². The number of carbonyl (C=O) groups excluding carboxylic acids is 2. The molecule has 5 nitrogen and oxygen atoms in total. The van der Waals surface area contributed by atoms with Crippen LogP contribution in [-0.4, -0.2) is 43.0 Å². The molecule has 1 N–H and O–H groups in total. The summed E-state index contributed by atoms with van der Waals surface area (Å²) in [5.41, 5.74) is 1.69. The van der Waals surface area contributed by atoms with Crippen LogP contribution in [0.1, 0.15) is 29.3 Å². The quantitative estimate of drug-likeness (QED) is 0.839. The molecule has 1 aromatic rings. The topological polar surface area (TPSA) is 58.6 Å². The molecule has 108 valence electrons. The van der Waals surface area contributed by atoms with E-state index in [1.54, 1.807) is 19.2 Å². The molecular weight excluding hydrogens is 256 g/mol. The van der Waals surface area contributed by atoms with Gasteiger partial charge in [-0.2, -0.15) is 0 Å². The van der Waals surface area contributed by atoms with Crippen molar-refractivity contribution in [2.24, 2.45) is 0 Å². The summed E-state index contributed by atoms with van der Waals surface area (Å²) < 4.78 is 5.16. The molecule has 5 heteroatoms. The maximum atomic E-state index is 11.7. The number of amides is 1. The maximum Gasteiger partial charge on any atom is 0.323 e. The average molecular weight is 276 g/mol. The molecule has 1 amide bonds. The minimum atomic E-state index is -0.177. The van der Waals surface area contributed by atoms with Gasteiger partial charge in [-0.25, -0.2) is 0 Å². The molecule has 1 heterocycles. The Balaban J connectivity index is 1.99. The molecule has 20 heavy (non-hydrogen) atoms. The van der Waals surface area contributed by atoms with Crippen LogP contribution in [0, 0.1) is 0 Å². The Kier molecular flexibility index (Phi) is 4.39. The first-order valence-electron chi connectivity index (χ1n) is 6.73. The van der Waals surface area contributed by atoms with E-state index in [1.807, 2.05) is 31.0 Å². The number of cyclic esters (lactones) is 1. The minimum absolute atomic E-state index is 0.00873. The lowest BCUT2D eigenvalue weighted by atomic mass is 10.1. The number of nitrogens with zero attached hydrogens (tertiary/aromatic N) is 1. The molecule has 0 bridgehead atoms. The number of hydrogen-bond acceptors (Lipinski definition) is 4. The highest BCUT2D eigenvalue weighted by atomic mass is 16.6. The predicted molar refractivity (Wildman–Crippen MR) is 75.3 cm³/mol. The Morgan fingerprint density at radius 3 is 2.55 bits per heavy atom. The zero-order valence-electron chi connectivity index (χ0n) is 12.1. The summed E-state index contributed by atoms with van der Waals surface area (Å²) in [6, 6.07) is 7.22. The van der Waals surface area contributed by atoms with Gasteiger partial charge in [0, 0.05) is 25.6 Å². The molecule has 2 rings (SSSR count). The van der Waals surface area contributed by atoms with Gasteiger partial charge in [-0.05, 0) is 31.7 Å². The molecule has 0 aliphatic carbocycles. The summed E-state index contributed by atoms with van der Waals surface area (Å²) in [5, 5.41) is 2.59. The first-order valence-corrected chi connectivity index (χ1v) is 6.73. The van der Waals surface area contributed by atoms with Crippen LogP contribution in [0.25, 0.3) is 0 Å². The van der Waals surface area contributed by atoms with Gasteiger partial charge in [-0.1, -0.05) is 12.1 Å². The standard InChI is InChI=1S/C15H20N2O3/c1-10-8-13(15(19)20-10)17(3)9-11-4-6-12(7-5-11)14(18)16-2/h4-7,10,13H,8-9H2,1-3H3,(H,16,18). The molecular formula is C15H20N2O3. The van der Waals surface area contributed by atoms with Gasteiger partial charge in [0.25, 0.3) is 5.91 Å². The lowest BCUT2D eigenvalue weighted by molar-refractivity contribution is -0.144. The van der Waals surface area contributed by atoms with E-state index in [4.69, 9.17) is 4.74 Å². The smallest absolute Gasteiger partial charge is 0.323 e. The van der Waals surface area contributed by atoms with Crippen molar-refractivity contribution in [3.05, 3.63) is 35.4 Å². The van der Waals surface area contributed by atoms with Crippen molar-refractivity contribution in [2.75, 3.05) is 14.1 Å². The summed E-state index contributed by atoms with van der Waals surface area (Å²) in [7, 11) is 3.52. The second kappa shape index (κ2) is 6.05. The molecule has 1 fully saturated rings. The molecule has 0 radical (unpaired) electrons. The summed E-state index contributed by atoms with van der Waals surface area (Å²) in [4.78, 5) is 25.1. The van der Waals surface area contributed by atoms with Gasteiger partial charge in [-0.3, -0.25) is 14.5 Å². The Bertz CT molecular complexity index is 498. The highest BCUT2D eigenvalue weighted by Crippen LogP contribution is 2.20. The number of carbonyl (C=O) groups is 2. The zero-order valence-corrected chi connectivity index (χ0v) is 12.1. The molecule has 1 aliphatic rings. The van der Waals surface area contributed by atoms with Gasteiger partial charge in [-0.15, -0.1) is 0 Å². The summed E-state index contributed by atoms with van der Waals surface area (Å²) in [5.74, 6) is -0.250. The van der Waals surface area contributed by atoms with E-state index >= 15 is 0 Å². The monoisotopic (exact) mass is 276 g/mol. The lowest BCUT2D eigenvalue weighted by Crippen LogP contribution is -2.34. The maximum absolute atomic E-state index is 11.7. The number of ether oxygens (including phenoxy) is 1. The van der Waals surface area contributed by atoms with Gasteiger partial charge in [0.2, 0.25) is 0 Å². The fraction of sp³-hybridized carbons (Fsp3) is 0.467. The van der Waals surface area contributed by atoms with Crippen LogP contribution >= 0.6 is 0 Å². The highest BCUT2D eigenvalue weighted by molar-refractivity contribution is 5.93. The number of benzene rings is 1. The first kappa shape index (κ1) is 14.5. The number of esters is 1. The number of hydrogen-bond donors (Lipinski definition) is 1. The molecule has 0 aromatic heterocycles. The Hall–Kier alpha value is -1.88. The van der Waals surface area contributed by atoms with E-state index in [9.17, 15) is 9.59 Å². The second-order valence-electron chi connectivity index (χ2n) is 5.19. The van der Waals surface area contributed by atoms with Crippen LogP contribution in [0.3, 0.4) is 0 Å². The second-order valence-corrected chi connectivity index (χ2v) is 5.19. The highest BCUT2D eigenvalue weighted by Gasteiger charge is 2.34. The fourth-order valence-corrected chi connectivity index (χ4v) is 2.40. The summed E-state index contributed by atoms with van der Waals surface area (Å²) in [6.45, 7) is 2.56. The normalized spacial score (nSPS) is 21.9. The first-order chi connectivity index (χ1) is 9.51. The third-order valence-electron chi connectivity index (χ3n) is 3.55. The molecule has 1 saturated heterocycles. The SMILES string of the molecule is CNC(=O)c1ccc(CN(C)C2CC(C)OC2=O)cc1. The van der Waals surface area contributed by atoms with Crippen molar-refractivity contribution in [1.82, 2.24) is 10.2 Å². The van der Waals surface area contributed by atoms with E-state index in [-0.39, 0.29) is 24.0 Å². The average Bonchev–Trinajstić information content (AvgIpc) is 2.78. The van der Waals surface area contributed by atoms with E-state index in [0.717, 1.165) is 12.0 Å². The lowest BCUT2D eigenvalue weighted by Gasteiger charge is -2.21. The Labute approximate surface area is 118 Å². The van der Waals surface area contributed by atoms with Crippen molar-refractivity contribution in [2.45, 2.75) is 32.0 Å². The van der Waals surface area contributed by atoms with Gasteiger partial charge >= 0.3 is 5.97 Å². The van der Waals surface area contributed by atoms with Crippen molar-refractivity contribution in [1.29, 1.82) is 0 Å². The third kappa shape index (κ3) is 3.17. The van der Waals surface area contributed by atoms with Gasteiger partial charge in [0.05, 0.1) is 0 Å². The van der Waals surface area contributed by atoms with Crippen LogP contribution in [0.5, 0.6) is 0 Å². The van der Waals surface area contributed by atoms with Crippen molar-refractivity contribution < 1.29 is 14.3 Å². The van der Waals surface area contributed by atoms with Crippen LogP contribution in [0.15, 0.2) is 24.3 Å². The molecule has 1 aromatic carbocycles. The van der Waals surface area contributed by atoms with Gasteiger partial charge < -0.3 is 10.1 Å². The zero-order chi connectivity index (χ0) is 14.7. The van der Waals surface area contributed by atoms with Crippen LogP contribution in [0.2, 0.25) is 0 Å². The molecule has 0 saturated carbocycles. The fourth-order valence-electron chi connectivity index (χ4n) is 2.40. The third-order valence-corrected chi connectivity index (χ3v) is 3.55. The Morgan fingerprint density at radius 1 is 1.40 bits per heavy atom. The number of rotatable bonds is 4. The number of likely N-dealkylation sites (N-methyl/N-ethyl adjacent to an activating group) is 1. The molecule has 2 unspecified atom stereocenters. The molecule has 1 aliphatic heterocycles. The van der Waals surface area contributed by atoms with Crippen LogP contribution in [0.4, 0.5) is 0 Å². The van der Waals surface area contributed by atoms with E-state index < -0.39 is 0 Å². The van der Waals surface area contributed by atoms with Crippen LogP contribution < -0.4 is 5.32 Å². The largest absolute Gasteiger partial charge is 0.461 e. The molecule has 2 atom stereocenters. The van der Waals surface area contributed by atoms with E-state index in [1.165, 1.54) is 0 Å². The van der Waals surface area contributed by atoms with Gasteiger partial charge in [0.1, 0.15) is 12.1 Å². The molecule has 0 spiro atoms. The Morgan fingerprint density at radius 2 is 2.05 bits per heavy atom. The van der Waals surface area contributed by atoms with Crippen LogP contribution in [-0.2, 0) is 16.1 Å². The summed E-state index contributed by atoms with van der Waals surface area (Å²) in [6.07, 6.45) is 0.719. The van der Waals surface area contributed by atoms with Crippen molar-refractivity contribution in [3.8, 4) is 0 Å². The summed E-state index contributed by atoms with van der Waals surface area (Å²) >= 11 is 0.